The van der Waals surface area contributed by atoms with Crippen molar-refractivity contribution in [2.45, 2.75) is 19.4 Å². The van der Waals surface area contributed by atoms with Gasteiger partial charge in [0.15, 0.2) is 0 Å². The van der Waals surface area contributed by atoms with Gasteiger partial charge in [0.2, 0.25) is 0 Å². The fraction of sp³-hybridized carbons (Fsp3) is 0.400. The van der Waals surface area contributed by atoms with Crippen LogP contribution in [0.3, 0.4) is 0 Å². The fourth-order valence-electron chi connectivity index (χ4n) is 1.31. The molecule has 0 heterocycles. The second-order valence-corrected chi connectivity index (χ2v) is 4.37. The highest BCUT2D eigenvalue weighted by Crippen LogP contribution is 2.20. The second-order valence-electron chi connectivity index (χ2n) is 3.12. The average Bonchev–Trinajstić information content (AvgIpc) is 2.09. The lowest BCUT2D eigenvalue weighted by atomic mass is 10.0. The van der Waals surface area contributed by atoms with Crippen LogP contribution in [0.15, 0.2) is 18.2 Å². The van der Waals surface area contributed by atoms with Gasteiger partial charge in [0.25, 0.3) is 0 Å². The standard InChI is InChI=1S/C10H14INO/c1-7-2-3-8(11)6-9(7)10(12)4-5-13/h2-3,6,10,13H,4-5,12H2,1H3/t10-/m0/s1. The van der Waals surface area contributed by atoms with E-state index in [-0.39, 0.29) is 12.6 Å². The topological polar surface area (TPSA) is 46.2 Å². The highest BCUT2D eigenvalue weighted by molar-refractivity contribution is 14.1. The molecule has 0 aliphatic rings. The van der Waals surface area contributed by atoms with Crippen molar-refractivity contribution in [1.82, 2.24) is 0 Å². The normalized spacial score (nSPS) is 12.9. The number of nitrogens with two attached hydrogens (primary N) is 1. The SMILES string of the molecule is Cc1ccc(I)cc1[C@@H](N)CCO. The summed E-state index contributed by atoms with van der Waals surface area (Å²) < 4.78 is 1.19. The quantitative estimate of drug-likeness (QED) is 0.837. The predicted molar refractivity (Wildman–Crippen MR) is 62.5 cm³/mol. The molecule has 0 aliphatic carbocycles. The maximum absolute atomic E-state index is 8.78. The Morgan fingerprint density at radius 3 is 2.85 bits per heavy atom. The predicted octanol–water partition coefficient (Wildman–Crippen LogP) is 1.98. The molecular formula is C10H14INO. The van der Waals surface area contributed by atoms with E-state index in [9.17, 15) is 0 Å². The monoisotopic (exact) mass is 291 g/mol. The minimum Gasteiger partial charge on any atom is -0.396 e. The third kappa shape index (κ3) is 2.93. The Bertz CT molecular complexity index is 288. The van der Waals surface area contributed by atoms with Gasteiger partial charge in [0.1, 0.15) is 0 Å². The fourth-order valence-corrected chi connectivity index (χ4v) is 1.82. The first kappa shape index (κ1) is 10.9. The van der Waals surface area contributed by atoms with Gasteiger partial charge in [-0.3, -0.25) is 0 Å². The van der Waals surface area contributed by atoms with E-state index in [1.807, 2.05) is 6.92 Å². The Morgan fingerprint density at radius 1 is 1.54 bits per heavy atom. The van der Waals surface area contributed by atoms with Crippen LogP contribution in [0.4, 0.5) is 0 Å². The molecule has 0 aromatic heterocycles. The zero-order chi connectivity index (χ0) is 9.84. The average molecular weight is 291 g/mol. The molecule has 13 heavy (non-hydrogen) atoms. The largest absolute Gasteiger partial charge is 0.396 e. The van der Waals surface area contributed by atoms with E-state index >= 15 is 0 Å². The smallest absolute Gasteiger partial charge is 0.0449 e. The molecule has 3 heteroatoms. The summed E-state index contributed by atoms with van der Waals surface area (Å²) in [6.45, 7) is 2.19. The molecule has 72 valence electrons. The van der Waals surface area contributed by atoms with E-state index in [1.54, 1.807) is 0 Å². The number of rotatable bonds is 3. The van der Waals surface area contributed by atoms with Crippen LogP contribution in [0, 0.1) is 10.5 Å². The first-order chi connectivity index (χ1) is 6.15. The number of hydrogen-bond acceptors (Lipinski definition) is 2. The van der Waals surface area contributed by atoms with Crippen LogP contribution in [0.1, 0.15) is 23.6 Å². The molecule has 0 saturated heterocycles. The first-order valence-electron chi connectivity index (χ1n) is 4.27. The lowest BCUT2D eigenvalue weighted by Gasteiger charge is -2.13. The van der Waals surface area contributed by atoms with Crippen molar-refractivity contribution in [3.05, 3.63) is 32.9 Å². The van der Waals surface area contributed by atoms with Crippen molar-refractivity contribution >= 4 is 22.6 Å². The number of halogens is 1. The number of benzene rings is 1. The molecule has 1 rings (SSSR count). The van der Waals surface area contributed by atoms with Crippen LogP contribution < -0.4 is 5.73 Å². The van der Waals surface area contributed by atoms with Gasteiger partial charge in [-0.2, -0.15) is 0 Å². The van der Waals surface area contributed by atoms with Crippen molar-refractivity contribution in [3.63, 3.8) is 0 Å². The Balaban J connectivity index is 2.91. The number of aryl methyl sites for hydroxylation is 1. The van der Waals surface area contributed by atoms with Crippen molar-refractivity contribution in [2.75, 3.05) is 6.61 Å². The summed E-state index contributed by atoms with van der Waals surface area (Å²) in [5, 5.41) is 8.78. The summed E-state index contributed by atoms with van der Waals surface area (Å²) in [4.78, 5) is 0. The van der Waals surface area contributed by atoms with Gasteiger partial charge < -0.3 is 10.8 Å². The number of hydrogen-bond donors (Lipinski definition) is 2. The van der Waals surface area contributed by atoms with Gasteiger partial charge in [0, 0.05) is 16.2 Å². The Morgan fingerprint density at radius 2 is 2.23 bits per heavy atom. The molecular weight excluding hydrogens is 277 g/mol. The molecule has 1 aromatic carbocycles. The summed E-state index contributed by atoms with van der Waals surface area (Å²) in [5.41, 5.74) is 8.25. The number of aliphatic hydroxyl groups is 1. The maximum Gasteiger partial charge on any atom is 0.0449 e. The van der Waals surface area contributed by atoms with Crippen LogP contribution in [0.5, 0.6) is 0 Å². The minimum atomic E-state index is -0.0419. The molecule has 2 nitrogen and oxygen atoms in total. The highest BCUT2D eigenvalue weighted by Gasteiger charge is 2.08. The minimum absolute atomic E-state index is 0.0419. The molecule has 3 N–H and O–H groups in total. The summed E-state index contributed by atoms with van der Waals surface area (Å²) >= 11 is 2.27. The van der Waals surface area contributed by atoms with Gasteiger partial charge in [-0.25, -0.2) is 0 Å². The number of aliphatic hydroxyl groups excluding tert-OH is 1. The van der Waals surface area contributed by atoms with Crippen LogP contribution in [-0.2, 0) is 0 Å². The van der Waals surface area contributed by atoms with Crippen molar-refractivity contribution in [3.8, 4) is 0 Å². The van der Waals surface area contributed by atoms with Crippen molar-refractivity contribution in [1.29, 1.82) is 0 Å². The Hall–Kier alpha value is -0.130. The maximum atomic E-state index is 8.78. The third-order valence-corrected chi connectivity index (χ3v) is 2.75. The van der Waals surface area contributed by atoms with Crippen molar-refractivity contribution in [2.24, 2.45) is 5.73 Å². The van der Waals surface area contributed by atoms with E-state index in [1.165, 1.54) is 9.13 Å². The summed E-state index contributed by atoms with van der Waals surface area (Å²) in [7, 11) is 0. The summed E-state index contributed by atoms with van der Waals surface area (Å²) in [5.74, 6) is 0. The van der Waals surface area contributed by atoms with Crippen LogP contribution in [0.2, 0.25) is 0 Å². The van der Waals surface area contributed by atoms with E-state index in [0.717, 1.165) is 5.56 Å². The molecule has 1 aromatic rings. The molecule has 0 aliphatic heterocycles. The molecule has 0 amide bonds. The molecule has 0 spiro atoms. The summed E-state index contributed by atoms with van der Waals surface area (Å²) in [6.07, 6.45) is 0.626. The van der Waals surface area contributed by atoms with Gasteiger partial charge in [0.05, 0.1) is 0 Å². The lowest BCUT2D eigenvalue weighted by Crippen LogP contribution is -2.13. The van der Waals surface area contributed by atoms with E-state index in [2.05, 4.69) is 40.8 Å². The molecule has 0 bridgehead atoms. The molecule has 0 saturated carbocycles. The van der Waals surface area contributed by atoms with Crippen LogP contribution >= 0.6 is 22.6 Å². The first-order valence-corrected chi connectivity index (χ1v) is 5.35. The second kappa shape index (κ2) is 4.93. The van der Waals surface area contributed by atoms with Gasteiger partial charge in [-0.05, 0) is 59.2 Å². The highest BCUT2D eigenvalue weighted by atomic mass is 127. The molecule has 0 fully saturated rings. The zero-order valence-electron chi connectivity index (χ0n) is 7.63. The van der Waals surface area contributed by atoms with E-state index in [0.29, 0.717) is 6.42 Å². The van der Waals surface area contributed by atoms with E-state index < -0.39 is 0 Å². The van der Waals surface area contributed by atoms with E-state index in [4.69, 9.17) is 10.8 Å². The van der Waals surface area contributed by atoms with Crippen molar-refractivity contribution < 1.29 is 5.11 Å². The summed E-state index contributed by atoms with van der Waals surface area (Å²) in [6, 6.07) is 6.16. The third-order valence-electron chi connectivity index (χ3n) is 2.08. The van der Waals surface area contributed by atoms with Crippen LogP contribution in [-0.4, -0.2) is 11.7 Å². The Labute approximate surface area is 92.3 Å². The molecule has 0 unspecified atom stereocenters. The van der Waals surface area contributed by atoms with Gasteiger partial charge in [-0.1, -0.05) is 6.07 Å². The Kier molecular flexibility index (Phi) is 4.15. The molecule has 1 atom stereocenters. The van der Waals surface area contributed by atoms with Crippen LogP contribution in [0.25, 0.3) is 0 Å². The zero-order valence-corrected chi connectivity index (χ0v) is 9.78. The molecule has 0 radical (unpaired) electrons. The lowest BCUT2D eigenvalue weighted by molar-refractivity contribution is 0.276. The van der Waals surface area contributed by atoms with Gasteiger partial charge in [-0.15, -0.1) is 0 Å². The van der Waals surface area contributed by atoms with Gasteiger partial charge >= 0.3 is 0 Å².